The molecule has 0 heterocycles. The van der Waals surface area contributed by atoms with Crippen LogP contribution >= 0.6 is 0 Å². The first-order valence-electron chi connectivity index (χ1n) is 9.06. The van der Waals surface area contributed by atoms with Gasteiger partial charge < -0.3 is 24.8 Å². The molecular formula is C21H26N2O5. The highest BCUT2D eigenvalue weighted by molar-refractivity contribution is 5.96. The summed E-state index contributed by atoms with van der Waals surface area (Å²) in [5.74, 6) is 1.53. The number of rotatable bonds is 10. The largest absolute Gasteiger partial charge is 0.497 e. The summed E-state index contributed by atoms with van der Waals surface area (Å²) in [5, 5.41) is 5.27. The van der Waals surface area contributed by atoms with E-state index in [2.05, 4.69) is 10.6 Å². The number of ether oxygens (including phenoxy) is 3. The maximum atomic E-state index is 12.1. The fraction of sp³-hybridized carbons (Fsp3) is 0.333. The van der Waals surface area contributed by atoms with Crippen molar-refractivity contribution in [3.8, 4) is 17.2 Å². The number of hydrogen-bond donors (Lipinski definition) is 2. The molecule has 0 saturated carbocycles. The van der Waals surface area contributed by atoms with E-state index in [4.69, 9.17) is 14.2 Å². The van der Waals surface area contributed by atoms with Gasteiger partial charge in [0.15, 0.2) is 0 Å². The van der Waals surface area contributed by atoms with E-state index in [1.807, 2.05) is 13.8 Å². The molecule has 2 N–H and O–H groups in total. The van der Waals surface area contributed by atoms with Gasteiger partial charge in [-0.15, -0.1) is 0 Å². The highest BCUT2D eigenvalue weighted by atomic mass is 16.5. The van der Waals surface area contributed by atoms with Gasteiger partial charge in [-0.2, -0.15) is 0 Å². The lowest BCUT2D eigenvalue weighted by Crippen LogP contribution is -2.38. The Labute approximate surface area is 165 Å². The topological polar surface area (TPSA) is 85.9 Å². The van der Waals surface area contributed by atoms with Gasteiger partial charge in [-0.05, 0) is 62.4 Å². The van der Waals surface area contributed by atoms with Gasteiger partial charge in [0.05, 0.1) is 26.3 Å². The predicted octanol–water partition coefficient (Wildman–Crippen LogP) is 2.41. The van der Waals surface area contributed by atoms with E-state index in [1.54, 1.807) is 55.6 Å². The Hall–Kier alpha value is -3.22. The predicted molar refractivity (Wildman–Crippen MR) is 106 cm³/mol. The average molecular weight is 386 g/mol. The van der Waals surface area contributed by atoms with E-state index in [0.29, 0.717) is 30.2 Å². The van der Waals surface area contributed by atoms with Gasteiger partial charge in [0, 0.05) is 5.56 Å². The average Bonchev–Trinajstić information content (AvgIpc) is 2.70. The minimum Gasteiger partial charge on any atom is -0.497 e. The number of methoxy groups -OCH3 is 1. The third kappa shape index (κ3) is 7.19. The molecule has 2 aromatic carbocycles. The van der Waals surface area contributed by atoms with Crippen molar-refractivity contribution >= 4 is 11.8 Å². The quantitative estimate of drug-likeness (QED) is 0.613. The summed E-state index contributed by atoms with van der Waals surface area (Å²) in [7, 11) is 1.60. The Bertz CT molecular complexity index is 757. The van der Waals surface area contributed by atoms with Crippen molar-refractivity contribution in [2.24, 2.45) is 0 Å². The fourth-order valence-corrected chi connectivity index (χ4v) is 2.31. The van der Waals surface area contributed by atoms with Crippen molar-refractivity contribution in [3.63, 3.8) is 0 Å². The lowest BCUT2D eigenvalue weighted by atomic mass is 10.2. The van der Waals surface area contributed by atoms with E-state index in [0.717, 1.165) is 5.75 Å². The van der Waals surface area contributed by atoms with Gasteiger partial charge >= 0.3 is 0 Å². The molecule has 0 bridgehead atoms. The monoisotopic (exact) mass is 386 g/mol. The smallest absolute Gasteiger partial charge is 0.251 e. The molecule has 150 valence electrons. The van der Waals surface area contributed by atoms with Crippen LogP contribution < -0.4 is 24.8 Å². The molecule has 0 fully saturated rings. The Balaban J connectivity index is 1.65. The summed E-state index contributed by atoms with van der Waals surface area (Å²) in [6, 6.07) is 13.9. The number of hydrogen-bond acceptors (Lipinski definition) is 5. The lowest BCUT2D eigenvalue weighted by Gasteiger charge is -2.11. The zero-order chi connectivity index (χ0) is 20.4. The summed E-state index contributed by atoms with van der Waals surface area (Å²) in [6.45, 7) is 4.42. The Morgan fingerprint density at radius 1 is 0.893 bits per heavy atom. The van der Waals surface area contributed by atoms with Crippen LogP contribution in [0.4, 0.5) is 0 Å². The third-order valence-corrected chi connectivity index (χ3v) is 3.65. The van der Waals surface area contributed by atoms with Crippen molar-refractivity contribution in [1.82, 2.24) is 10.6 Å². The molecule has 0 radical (unpaired) electrons. The molecule has 7 nitrogen and oxygen atoms in total. The highest BCUT2D eigenvalue weighted by Crippen LogP contribution is 2.16. The molecule has 0 aromatic heterocycles. The normalized spacial score (nSPS) is 10.3. The maximum absolute atomic E-state index is 12.1. The second kappa shape index (κ2) is 10.8. The van der Waals surface area contributed by atoms with Gasteiger partial charge in [-0.3, -0.25) is 9.59 Å². The van der Waals surface area contributed by atoms with E-state index in [-0.39, 0.29) is 24.5 Å². The van der Waals surface area contributed by atoms with Crippen molar-refractivity contribution in [1.29, 1.82) is 0 Å². The van der Waals surface area contributed by atoms with E-state index < -0.39 is 0 Å². The first kappa shape index (κ1) is 21.1. The van der Waals surface area contributed by atoms with Crippen LogP contribution in [-0.2, 0) is 4.79 Å². The molecule has 2 rings (SSSR count). The van der Waals surface area contributed by atoms with E-state index in [1.165, 1.54) is 0 Å². The maximum Gasteiger partial charge on any atom is 0.251 e. The van der Waals surface area contributed by atoms with Crippen LogP contribution in [0, 0.1) is 0 Å². The zero-order valence-corrected chi connectivity index (χ0v) is 16.4. The van der Waals surface area contributed by atoms with Crippen molar-refractivity contribution in [2.45, 2.75) is 20.0 Å². The zero-order valence-electron chi connectivity index (χ0n) is 16.4. The van der Waals surface area contributed by atoms with Crippen LogP contribution in [-0.4, -0.2) is 44.7 Å². The summed E-state index contributed by atoms with van der Waals surface area (Å²) >= 11 is 0. The molecule has 28 heavy (non-hydrogen) atoms. The Kier molecular flexibility index (Phi) is 8.14. The van der Waals surface area contributed by atoms with Crippen LogP contribution in [0.1, 0.15) is 24.2 Å². The van der Waals surface area contributed by atoms with Crippen LogP contribution in [0.5, 0.6) is 17.2 Å². The number of carbonyl (C=O) groups excluding carboxylic acids is 2. The molecule has 0 aliphatic rings. The van der Waals surface area contributed by atoms with Gasteiger partial charge in [0.25, 0.3) is 5.91 Å². The van der Waals surface area contributed by atoms with Gasteiger partial charge in [0.1, 0.15) is 23.9 Å². The van der Waals surface area contributed by atoms with Crippen LogP contribution in [0.3, 0.4) is 0 Å². The van der Waals surface area contributed by atoms with Crippen LogP contribution in [0.15, 0.2) is 48.5 Å². The highest BCUT2D eigenvalue weighted by Gasteiger charge is 2.08. The third-order valence-electron chi connectivity index (χ3n) is 3.65. The molecular weight excluding hydrogens is 360 g/mol. The molecule has 2 aromatic rings. The van der Waals surface area contributed by atoms with Crippen LogP contribution in [0.2, 0.25) is 0 Å². The van der Waals surface area contributed by atoms with Crippen molar-refractivity contribution in [2.75, 3.05) is 26.8 Å². The number of benzene rings is 2. The number of carbonyl (C=O) groups is 2. The Morgan fingerprint density at radius 2 is 1.50 bits per heavy atom. The van der Waals surface area contributed by atoms with Gasteiger partial charge in [-0.25, -0.2) is 0 Å². The van der Waals surface area contributed by atoms with Gasteiger partial charge in [-0.1, -0.05) is 0 Å². The summed E-state index contributed by atoms with van der Waals surface area (Å²) in [5.41, 5.74) is 0.465. The minimum atomic E-state index is -0.319. The fourth-order valence-electron chi connectivity index (χ4n) is 2.31. The molecule has 2 amide bonds. The van der Waals surface area contributed by atoms with Crippen molar-refractivity contribution in [3.05, 3.63) is 54.1 Å². The van der Waals surface area contributed by atoms with Crippen LogP contribution in [0.25, 0.3) is 0 Å². The SMILES string of the molecule is COc1ccc(OCCNC(=O)CNC(=O)c2ccc(OC(C)C)cc2)cc1. The number of nitrogens with one attached hydrogen (secondary N) is 2. The molecule has 0 aliphatic heterocycles. The molecule has 0 unspecified atom stereocenters. The lowest BCUT2D eigenvalue weighted by molar-refractivity contribution is -0.120. The molecule has 0 aliphatic carbocycles. The molecule has 7 heteroatoms. The second-order valence-electron chi connectivity index (χ2n) is 6.25. The standard InChI is InChI=1S/C21H26N2O5/c1-15(2)28-19-6-4-16(5-7-19)21(25)23-14-20(24)22-12-13-27-18-10-8-17(26-3)9-11-18/h4-11,15H,12-14H2,1-3H3,(H,22,24)(H,23,25). The van der Waals surface area contributed by atoms with Gasteiger partial charge in [0.2, 0.25) is 5.91 Å². The Morgan fingerprint density at radius 3 is 2.11 bits per heavy atom. The first-order valence-corrected chi connectivity index (χ1v) is 9.06. The number of amides is 2. The summed E-state index contributed by atoms with van der Waals surface area (Å²) < 4.78 is 16.1. The molecule has 0 saturated heterocycles. The van der Waals surface area contributed by atoms with Crippen molar-refractivity contribution < 1.29 is 23.8 Å². The van der Waals surface area contributed by atoms with E-state index >= 15 is 0 Å². The second-order valence-corrected chi connectivity index (χ2v) is 6.25. The van der Waals surface area contributed by atoms with E-state index in [9.17, 15) is 9.59 Å². The summed E-state index contributed by atoms with van der Waals surface area (Å²) in [6.07, 6.45) is 0.0667. The minimum absolute atomic E-state index is 0.0667. The summed E-state index contributed by atoms with van der Waals surface area (Å²) in [4.78, 5) is 23.9. The molecule has 0 spiro atoms. The molecule has 0 atom stereocenters. The first-order chi connectivity index (χ1) is 13.5.